The maximum atomic E-state index is 12.3. The summed E-state index contributed by atoms with van der Waals surface area (Å²) >= 11 is 1.54. The van der Waals surface area contributed by atoms with Gasteiger partial charge in [-0.3, -0.25) is 0 Å². The molecule has 0 fully saturated rings. The Balaban J connectivity index is 1.91. The number of imidazole rings is 2. The molecule has 0 aliphatic rings. The molecular weight excluding hydrogens is 312 g/mol. The zero-order valence-corrected chi connectivity index (χ0v) is 12.7. The van der Waals surface area contributed by atoms with Gasteiger partial charge in [-0.05, 0) is 11.4 Å². The van der Waals surface area contributed by atoms with Gasteiger partial charge in [0, 0.05) is 22.7 Å². The second-order valence-electron chi connectivity index (χ2n) is 4.99. The fourth-order valence-electron chi connectivity index (χ4n) is 2.49. The Morgan fingerprint density at radius 3 is 2.52 bits per heavy atom. The molecule has 3 aromatic heterocycles. The molecule has 6 nitrogen and oxygen atoms in total. The van der Waals surface area contributed by atoms with E-state index in [9.17, 15) is 9.59 Å². The highest BCUT2D eigenvalue weighted by atomic mass is 32.1. The number of thiophene rings is 1. The molecule has 0 aliphatic heterocycles. The van der Waals surface area contributed by atoms with E-state index in [-0.39, 0.29) is 11.4 Å². The van der Waals surface area contributed by atoms with Gasteiger partial charge in [0.25, 0.3) is 0 Å². The molecule has 0 saturated carbocycles. The van der Waals surface area contributed by atoms with Gasteiger partial charge in [-0.1, -0.05) is 30.3 Å². The van der Waals surface area contributed by atoms with Crippen molar-refractivity contribution in [2.45, 2.75) is 0 Å². The maximum absolute atomic E-state index is 12.3. The molecule has 23 heavy (non-hydrogen) atoms. The lowest BCUT2D eigenvalue weighted by Gasteiger charge is -2.06. The number of rotatable bonds is 3. The van der Waals surface area contributed by atoms with E-state index in [0.29, 0.717) is 11.4 Å². The normalized spacial score (nSPS) is 11.0. The fraction of sp³-hybridized carbons (Fsp3) is 0. The van der Waals surface area contributed by atoms with Crippen LogP contribution in [0.25, 0.3) is 22.5 Å². The first-order valence-electron chi connectivity index (χ1n) is 6.95. The average molecular weight is 324 g/mol. The molecule has 0 aliphatic carbocycles. The van der Waals surface area contributed by atoms with Crippen LogP contribution < -0.4 is 11.4 Å². The van der Waals surface area contributed by atoms with E-state index in [1.807, 2.05) is 47.2 Å². The molecule has 0 radical (unpaired) electrons. The Kier molecular flexibility index (Phi) is 3.13. The third-order valence-corrected chi connectivity index (χ3v) is 4.25. The van der Waals surface area contributed by atoms with Gasteiger partial charge >= 0.3 is 11.4 Å². The zero-order valence-electron chi connectivity index (χ0n) is 11.9. The van der Waals surface area contributed by atoms with E-state index >= 15 is 0 Å². The molecule has 2 N–H and O–H groups in total. The largest absolute Gasteiger partial charge is 0.345 e. The van der Waals surface area contributed by atoms with Crippen LogP contribution in [0, 0.1) is 0 Å². The van der Waals surface area contributed by atoms with E-state index in [1.54, 1.807) is 23.7 Å². The Morgan fingerprint density at radius 2 is 1.78 bits per heavy atom. The minimum absolute atomic E-state index is 0.370. The summed E-state index contributed by atoms with van der Waals surface area (Å²) in [6.07, 6.45) is 3.23. The minimum Gasteiger partial charge on any atom is -0.311 e. The molecule has 1 aromatic carbocycles. The van der Waals surface area contributed by atoms with Gasteiger partial charge < -0.3 is 9.97 Å². The van der Waals surface area contributed by atoms with E-state index in [4.69, 9.17) is 0 Å². The minimum atomic E-state index is -0.373. The highest BCUT2D eigenvalue weighted by Crippen LogP contribution is 2.20. The predicted octanol–water partition coefficient (Wildman–Crippen LogP) is 2.37. The van der Waals surface area contributed by atoms with Gasteiger partial charge in [0.05, 0.1) is 17.6 Å². The van der Waals surface area contributed by atoms with Gasteiger partial charge in [0.15, 0.2) is 0 Å². The molecule has 4 aromatic rings. The molecule has 0 bridgehead atoms. The molecule has 3 heterocycles. The Hall–Kier alpha value is -3.06. The summed E-state index contributed by atoms with van der Waals surface area (Å²) in [7, 11) is 0. The second kappa shape index (κ2) is 5.29. The molecule has 0 unspecified atom stereocenters. The number of aromatic amines is 2. The van der Waals surface area contributed by atoms with Crippen molar-refractivity contribution in [1.29, 1.82) is 0 Å². The smallest absolute Gasteiger partial charge is 0.311 e. The van der Waals surface area contributed by atoms with Gasteiger partial charge in [-0.2, -0.15) is 20.7 Å². The molecule has 0 amide bonds. The first-order valence-corrected chi connectivity index (χ1v) is 7.89. The lowest BCUT2D eigenvalue weighted by molar-refractivity contribution is 0.615. The number of benzene rings is 1. The van der Waals surface area contributed by atoms with Crippen molar-refractivity contribution in [2.75, 3.05) is 0 Å². The van der Waals surface area contributed by atoms with Crippen molar-refractivity contribution in [3.05, 3.63) is 80.5 Å². The SMILES string of the molecule is O=c1[nH]c(-c2ccsc2)cn1-n1c(-c2ccccc2)c[nH]c1=O. The third-order valence-electron chi connectivity index (χ3n) is 3.57. The standard InChI is InChI=1S/C16H12N4O2S/c21-15-17-8-14(11-4-2-1-3-5-11)20(15)19-9-13(18-16(19)22)12-6-7-23-10-12/h1-10H,(H,17,21)(H,18,22). The number of H-pyrrole nitrogens is 2. The van der Waals surface area contributed by atoms with Crippen LogP contribution in [0.4, 0.5) is 0 Å². The maximum Gasteiger partial charge on any atom is 0.345 e. The molecule has 0 atom stereocenters. The first-order chi connectivity index (χ1) is 11.2. The first kappa shape index (κ1) is 13.6. The van der Waals surface area contributed by atoms with Crippen LogP contribution >= 0.6 is 11.3 Å². The lowest BCUT2D eigenvalue weighted by atomic mass is 10.2. The Morgan fingerprint density at radius 1 is 0.957 bits per heavy atom. The van der Waals surface area contributed by atoms with Gasteiger partial charge in [-0.25, -0.2) is 9.59 Å². The predicted molar refractivity (Wildman–Crippen MR) is 89.7 cm³/mol. The molecule has 0 saturated heterocycles. The van der Waals surface area contributed by atoms with Crippen molar-refractivity contribution < 1.29 is 0 Å². The summed E-state index contributed by atoms with van der Waals surface area (Å²) in [5.41, 5.74) is 2.30. The summed E-state index contributed by atoms with van der Waals surface area (Å²) < 4.78 is 2.61. The molecular formula is C16H12N4O2S. The fourth-order valence-corrected chi connectivity index (χ4v) is 3.14. The lowest BCUT2D eigenvalue weighted by Crippen LogP contribution is -2.31. The van der Waals surface area contributed by atoms with Crippen LogP contribution in [0.2, 0.25) is 0 Å². The topological polar surface area (TPSA) is 75.6 Å². The van der Waals surface area contributed by atoms with Crippen molar-refractivity contribution in [3.8, 4) is 22.5 Å². The summed E-state index contributed by atoms with van der Waals surface area (Å²) in [4.78, 5) is 29.9. The average Bonchev–Trinajstić information content (AvgIpc) is 3.28. The van der Waals surface area contributed by atoms with Crippen molar-refractivity contribution in [2.24, 2.45) is 0 Å². The molecule has 0 spiro atoms. The number of nitrogens with zero attached hydrogens (tertiary/aromatic N) is 2. The van der Waals surface area contributed by atoms with E-state index in [1.165, 1.54) is 9.35 Å². The monoisotopic (exact) mass is 324 g/mol. The highest BCUT2D eigenvalue weighted by molar-refractivity contribution is 7.08. The molecule has 7 heteroatoms. The van der Waals surface area contributed by atoms with Gasteiger partial charge in [-0.15, -0.1) is 0 Å². The number of hydrogen-bond acceptors (Lipinski definition) is 3. The summed E-state index contributed by atoms with van der Waals surface area (Å²) in [6.45, 7) is 0. The van der Waals surface area contributed by atoms with Crippen molar-refractivity contribution in [3.63, 3.8) is 0 Å². The highest BCUT2D eigenvalue weighted by Gasteiger charge is 2.14. The number of hydrogen-bond donors (Lipinski definition) is 2. The second-order valence-corrected chi connectivity index (χ2v) is 5.77. The Bertz CT molecular complexity index is 1050. The van der Waals surface area contributed by atoms with Crippen LogP contribution in [0.3, 0.4) is 0 Å². The van der Waals surface area contributed by atoms with Crippen LogP contribution in [0.5, 0.6) is 0 Å². The Labute approximate surface area is 134 Å². The van der Waals surface area contributed by atoms with Crippen molar-refractivity contribution >= 4 is 11.3 Å². The van der Waals surface area contributed by atoms with Crippen molar-refractivity contribution in [1.82, 2.24) is 19.3 Å². The van der Waals surface area contributed by atoms with Gasteiger partial charge in [0.2, 0.25) is 0 Å². The van der Waals surface area contributed by atoms with Crippen LogP contribution in [-0.4, -0.2) is 19.3 Å². The quantitative estimate of drug-likeness (QED) is 0.607. The van der Waals surface area contributed by atoms with Crippen LogP contribution in [-0.2, 0) is 0 Å². The number of aromatic nitrogens is 4. The van der Waals surface area contributed by atoms with E-state index < -0.39 is 0 Å². The van der Waals surface area contributed by atoms with Crippen LogP contribution in [0.1, 0.15) is 0 Å². The molecule has 4 rings (SSSR count). The zero-order chi connectivity index (χ0) is 15.8. The van der Waals surface area contributed by atoms with Gasteiger partial charge in [0.1, 0.15) is 0 Å². The summed E-state index contributed by atoms with van der Waals surface area (Å²) in [5, 5.41) is 3.87. The summed E-state index contributed by atoms with van der Waals surface area (Å²) in [5.74, 6) is 0. The summed E-state index contributed by atoms with van der Waals surface area (Å²) in [6, 6.07) is 11.4. The van der Waals surface area contributed by atoms with Crippen LogP contribution in [0.15, 0.2) is 69.1 Å². The number of nitrogens with one attached hydrogen (secondary N) is 2. The third kappa shape index (κ3) is 2.27. The van der Waals surface area contributed by atoms with E-state index in [0.717, 1.165) is 11.1 Å². The molecule has 114 valence electrons. The van der Waals surface area contributed by atoms with E-state index in [2.05, 4.69) is 9.97 Å².